The summed E-state index contributed by atoms with van der Waals surface area (Å²) in [6.07, 6.45) is 0. The van der Waals surface area contributed by atoms with Gasteiger partial charge in [0.2, 0.25) is 0 Å². The predicted octanol–water partition coefficient (Wildman–Crippen LogP) is 2.34. The molecule has 0 bridgehead atoms. The van der Waals surface area contributed by atoms with Crippen molar-refractivity contribution >= 4 is 28.4 Å². The number of aromatic hydroxyl groups is 1. The first-order valence-corrected chi connectivity index (χ1v) is 4.29. The number of rotatable bonds is 1. The number of carbonyl (C=O) groups is 1. The number of carbonyl (C=O) groups excluding carboxylic acids is 1. The summed E-state index contributed by atoms with van der Waals surface area (Å²) in [5.74, 6) is -1.00. The smallest absolute Gasteiger partial charge is 0.163 e. The molecule has 0 atom stereocenters. The van der Waals surface area contributed by atoms with Crippen molar-refractivity contribution < 1.29 is 14.3 Å². The lowest BCUT2D eigenvalue weighted by Gasteiger charge is -2.01. The summed E-state index contributed by atoms with van der Waals surface area (Å²) in [5, 5.41) is 9.19. The van der Waals surface area contributed by atoms with E-state index in [0.29, 0.717) is 3.57 Å². The first-order valence-electron chi connectivity index (χ1n) is 3.21. The van der Waals surface area contributed by atoms with Gasteiger partial charge in [0, 0.05) is 0 Å². The molecule has 0 aliphatic heterocycles. The molecule has 64 valence electrons. The third-order valence-electron chi connectivity index (χ3n) is 1.42. The Morgan fingerprint density at radius 1 is 1.58 bits per heavy atom. The monoisotopic (exact) mass is 280 g/mol. The maximum absolute atomic E-state index is 12.8. The SMILES string of the molecule is CC(=O)c1cc(F)c(I)cc1O. The van der Waals surface area contributed by atoms with Crippen molar-refractivity contribution in [2.24, 2.45) is 0 Å². The van der Waals surface area contributed by atoms with Crippen LogP contribution >= 0.6 is 22.6 Å². The van der Waals surface area contributed by atoms with Gasteiger partial charge >= 0.3 is 0 Å². The average Bonchev–Trinajstić information content (AvgIpc) is 1.96. The minimum atomic E-state index is -0.487. The summed E-state index contributed by atoms with van der Waals surface area (Å²) < 4.78 is 13.1. The van der Waals surface area contributed by atoms with Crippen LogP contribution in [0.3, 0.4) is 0 Å². The second-order valence-electron chi connectivity index (χ2n) is 2.34. The first kappa shape index (κ1) is 9.44. The number of phenolic OH excluding ortho intramolecular Hbond substituents is 1. The van der Waals surface area contributed by atoms with Crippen LogP contribution in [0.5, 0.6) is 5.75 Å². The third-order valence-corrected chi connectivity index (χ3v) is 2.24. The van der Waals surface area contributed by atoms with E-state index in [2.05, 4.69) is 0 Å². The molecule has 1 N–H and O–H groups in total. The molecule has 4 heteroatoms. The topological polar surface area (TPSA) is 37.3 Å². The molecule has 0 unspecified atom stereocenters. The van der Waals surface area contributed by atoms with E-state index in [-0.39, 0.29) is 17.1 Å². The van der Waals surface area contributed by atoms with Gasteiger partial charge in [-0.1, -0.05) is 0 Å². The van der Waals surface area contributed by atoms with Gasteiger partial charge in [-0.15, -0.1) is 0 Å². The highest BCUT2D eigenvalue weighted by Gasteiger charge is 2.10. The highest BCUT2D eigenvalue weighted by molar-refractivity contribution is 14.1. The van der Waals surface area contributed by atoms with Crippen LogP contribution in [-0.4, -0.2) is 10.9 Å². The van der Waals surface area contributed by atoms with Gasteiger partial charge in [0.1, 0.15) is 11.6 Å². The van der Waals surface area contributed by atoms with E-state index in [4.69, 9.17) is 0 Å². The lowest BCUT2D eigenvalue weighted by molar-refractivity contribution is 0.101. The second-order valence-corrected chi connectivity index (χ2v) is 3.50. The number of hydrogen-bond acceptors (Lipinski definition) is 2. The number of hydrogen-bond donors (Lipinski definition) is 1. The van der Waals surface area contributed by atoms with Gasteiger partial charge in [-0.25, -0.2) is 4.39 Å². The second kappa shape index (κ2) is 3.38. The minimum Gasteiger partial charge on any atom is -0.507 e. The zero-order valence-electron chi connectivity index (χ0n) is 6.27. The fourth-order valence-electron chi connectivity index (χ4n) is 0.818. The Morgan fingerprint density at radius 2 is 2.17 bits per heavy atom. The lowest BCUT2D eigenvalue weighted by Crippen LogP contribution is -1.95. The van der Waals surface area contributed by atoms with Crippen molar-refractivity contribution in [1.82, 2.24) is 0 Å². The number of ketones is 1. The van der Waals surface area contributed by atoms with E-state index in [1.807, 2.05) is 0 Å². The fraction of sp³-hybridized carbons (Fsp3) is 0.125. The Hall–Kier alpha value is -0.650. The van der Waals surface area contributed by atoms with Crippen LogP contribution in [0, 0.1) is 9.39 Å². The normalized spacial score (nSPS) is 9.92. The van der Waals surface area contributed by atoms with Gasteiger partial charge in [-0.05, 0) is 41.6 Å². The van der Waals surface area contributed by atoms with Crippen molar-refractivity contribution in [2.75, 3.05) is 0 Å². The standard InChI is InChI=1S/C8H6FIO2/c1-4(11)5-2-6(9)7(10)3-8(5)12/h2-3,12H,1H3. The molecule has 1 rings (SSSR count). The molecular formula is C8H6FIO2. The van der Waals surface area contributed by atoms with E-state index in [1.165, 1.54) is 13.0 Å². The van der Waals surface area contributed by atoms with Crippen molar-refractivity contribution in [1.29, 1.82) is 0 Å². The van der Waals surface area contributed by atoms with E-state index in [9.17, 15) is 14.3 Å². The Kier molecular flexibility index (Phi) is 2.66. The van der Waals surface area contributed by atoms with Crippen molar-refractivity contribution in [3.05, 3.63) is 27.1 Å². The van der Waals surface area contributed by atoms with Crippen LogP contribution in [-0.2, 0) is 0 Å². The molecule has 0 aliphatic carbocycles. The maximum Gasteiger partial charge on any atom is 0.163 e. The Labute approximate surface area is 82.5 Å². The van der Waals surface area contributed by atoms with E-state index >= 15 is 0 Å². The Morgan fingerprint density at radius 3 is 2.67 bits per heavy atom. The number of phenols is 1. The Balaban J connectivity index is 3.33. The third kappa shape index (κ3) is 1.74. The summed E-state index contributed by atoms with van der Waals surface area (Å²) in [6.45, 7) is 1.28. The maximum atomic E-state index is 12.8. The zero-order chi connectivity index (χ0) is 9.30. The zero-order valence-corrected chi connectivity index (χ0v) is 8.42. The molecule has 1 aromatic rings. The molecule has 0 fully saturated rings. The largest absolute Gasteiger partial charge is 0.507 e. The van der Waals surface area contributed by atoms with E-state index in [1.54, 1.807) is 22.6 Å². The van der Waals surface area contributed by atoms with Gasteiger partial charge in [-0.2, -0.15) is 0 Å². The first-order chi connectivity index (χ1) is 5.52. The van der Waals surface area contributed by atoms with Gasteiger partial charge in [-0.3, -0.25) is 4.79 Å². The van der Waals surface area contributed by atoms with E-state index < -0.39 is 5.82 Å². The molecule has 0 amide bonds. The molecule has 0 saturated heterocycles. The van der Waals surface area contributed by atoms with Gasteiger partial charge in [0.15, 0.2) is 5.78 Å². The molecule has 1 aromatic carbocycles. The number of halogens is 2. The summed E-state index contributed by atoms with van der Waals surface area (Å²) in [6, 6.07) is 2.27. The van der Waals surface area contributed by atoms with Crippen molar-refractivity contribution in [2.45, 2.75) is 6.92 Å². The molecule has 12 heavy (non-hydrogen) atoms. The van der Waals surface area contributed by atoms with E-state index in [0.717, 1.165) is 6.07 Å². The van der Waals surface area contributed by atoms with Gasteiger partial charge in [0.05, 0.1) is 9.13 Å². The summed E-state index contributed by atoms with van der Waals surface area (Å²) in [7, 11) is 0. The molecule has 0 radical (unpaired) electrons. The lowest BCUT2D eigenvalue weighted by atomic mass is 10.1. The molecule has 0 aromatic heterocycles. The molecule has 0 saturated carbocycles. The molecular weight excluding hydrogens is 274 g/mol. The van der Waals surface area contributed by atoms with Crippen molar-refractivity contribution in [3.63, 3.8) is 0 Å². The fourth-order valence-corrected chi connectivity index (χ4v) is 1.27. The molecule has 0 aliphatic rings. The van der Waals surface area contributed by atoms with Crippen LogP contribution in [0.25, 0.3) is 0 Å². The highest BCUT2D eigenvalue weighted by Crippen LogP contribution is 2.23. The van der Waals surface area contributed by atoms with Crippen LogP contribution in [0.15, 0.2) is 12.1 Å². The molecule has 0 heterocycles. The van der Waals surface area contributed by atoms with Gasteiger partial charge in [0.25, 0.3) is 0 Å². The summed E-state index contributed by atoms with van der Waals surface area (Å²) >= 11 is 1.74. The summed E-state index contributed by atoms with van der Waals surface area (Å²) in [5.41, 5.74) is 0.0212. The van der Waals surface area contributed by atoms with Crippen LogP contribution in [0.1, 0.15) is 17.3 Å². The number of Topliss-reactive ketones (excluding diaryl/α,β-unsaturated/α-hetero) is 1. The van der Waals surface area contributed by atoms with Crippen LogP contribution in [0.4, 0.5) is 4.39 Å². The minimum absolute atomic E-state index is 0.0212. The number of benzene rings is 1. The quantitative estimate of drug-likeness (QED) is 0.633. The molecule has 2 nitrogen and oxygen atoms in total. The van der Waals surface area contributed by atoms with Gasteiger partial charge < -0.3 is 5.11 Å². The van der Waals surface area contributed by atoms with Crippen molar-refractivity contribution in [3.8, 4) is 5.75 Å². The predicted molar refractivity (Wildman–Crippen MR) is 50.8 cm³/mol. The van der Waals surface area contributed by atoms with Crippen LogP contribution < -0.4 is 0 Å². The highest BCUT2D eigenvalue weighted by atomic mass is 127. The summed E-state index contributed by atoms with van der Waals surface area (Å²) in [4.78, 5) is 10.8. The Bertz CT molecular complexity index is 336. The molecule has 0 spiro atoms. The average molecular weight is 280 g/mol. The van der Waals surface area contributed by atoms with Crippen LogP contribution in [0.2, 0.25) is 0 Å².